The predicted octanol–water partition coefficient (Wildman–Crippen LogP) is 2.40. The molecule has 1 saturated heterocycles. The molecule has 66 valence electrons. The average Bonchev–Trinajstić information content (AvgIpc) is 2.15. The van der Waals surface area contributed by atoms with E-state index in [1.165, 1.54) is 0 Å². The van der Waals surface area contributed by atoms with E-state index in [4.69, 9.17) is 9.47 Å². The molecular formula is C10H14O2. The van der Waals surface area contributed by atoms with Crippen molar-refractivity contribution in [2.45, 2.75) is 13.8 Å². The van der Waals surface area contributed by atoms with Gasteiger partial charge >= 0.3 is 0 Å². The first kappa shape index (κ1) is 8.91. The van der Waals surface area contributed by atoms with E-state index in [-0.39, 0.29) is 0 Å². The van der Waals surface area contributed by atoms with Crippen molar-refractivity contribution in [3.05, 3.63) is 35.8 Å². The fourth-order valence-corrected chi connectivity index (χ4v) is 0.985. The van der Waals surface area contributed by atoms with Gasteiger partial charge in [-0.25, -0.2) is 0 Å². The Kier molecular flexibility index (Phi) is 3.45. The Balaban J connectivity index is 2.71. The number of ether oxygens (including phenoxy) is 2. The summed E-state index contributed by atoms with van der Waals surface area (Å²) in [5.41, 5.74) is 0. The predicted molar refractivity (Wildman–Crippen MR) is 48.6 cm³/mol. The Bertz CT molecular complexity index is 224. The van der Waals surface area contributed by atoms with E-state index in [0.29, 0.717) is 13.2 Å². The van der Waals surface area contributed by atoms with Crippen LogP contribution in [0.15, 0.2) is 35.8 Å². The molecule has 2 nitrogen and oxygen atoms in total. The van der Waals surface area contributed by atoms with E-state index in [9.17, 15) is 0 Å². The Hall–Kier alpha value is -1.18. The third-order valence-electron chi connectivity index (χ3n) is 1.54. The summed E-state index contributed by atoms with van der Waals surface area (Å²) in [4.78, 5) is 0. The average molecular weight is 166 g/mol. The van der Waals surface area contributed by atoms with Gasteiger partial charge in [0.05, 0.1) is 0 Å². The lowest BCUT2D eigenvalue weighted by atomic mass is 10.3. The summed E-state index contributed by atoms with van der Waals surface area (Å²) in [7, 11) is 0. The zero-order valence-electron chi connectivity index (χ0n) is 7.54. The zero-order chi connectivity index (χ0) is 8.81. The molecule has 0 amide bonds. The monoisotopic (exact) mass is 166 g/mol. The maximum atomic E-state index is 5.40. The molecule has 1 aliphatic rings. The fraction of sp³-hybridized carbons (Fsp3) is 0.400. The van der Waals surface area contributed by atoms with Crippen LogP contribution in [0.1, 0.15) is 13.8 Å². The molecule has 1 rings (SSSR count). The van der Waals surface area contributed by atoms with Crippen LogP contribution in [0.3, 0.4) is 0 Å². The van der Waals surface area contributed by atoms with Gasteiger partial charge in [0.1, 0.15) is 13.2 Å². The van der Waals surface area contributed by atoms with Crippen molar-refractivity contribution in [1.29, 1.82) is 0 Å². The lowest BCUT2D eigenvalue weighted by molar-refractivity contribution is 0.0594. The van der Waals surface area contributed by atoms with Gasteiger partial charge in [-0.1, -0.05) is 12.2 Å². The lowest BCUT2D eigenvalue weighted by Crippen LogP contribution is -2.13. The highest BCUT2D eigenvalue weighted by molar-refractivity contribution is 5.24. The Morgan fingerprint density at radius 2 is 1.75 bits per heavy atom. The minimum absolute atomic E-state index is 0.640. The fourth-order valence-electron chi connectivity index (χ4n) is 0.985. The second-order valence-corrected chi connectivity index (χ2v) is 2.41. The van der Waals surface area contributed by atoms with Crippen LogP contribution in [0.4, 0.5) is 0 Å². The molecule has 1 fully saturated rings. The van der Waals surface area contributed by atoms with Gasteiger partial charge in [0.15, 0.2) is 11.5 Å². The normalized spacial score (nSPS) is 24.5. The third-order valence-corrected chi connectivity index (χ3v) is 1.54. The number of allylic oxidation sites excluding steroid dienone is 4. The zero-order valence-corrected chi connectivity index (χ0v) is 7.54. The topological polar surface area (TPSA) is 18.5 Å². The number of hydrogen-bond donors (Lipinski definition) is 0. The van der Waals surface area contributed by atoms with Crippen LogP contribution in [-0.2, 0) is 9.47 Å². The van der Waals surface area contributed by atoms with Gasteiger partial charge in [0, 0.05) is 0 Å². The van der Waals surface area contributed by atoms with Crippen LogP contribution >= 0.6 is 0 Å². The van der Waals surface area contributed by atoms with E-state index in [2.05, 4.69) is 0 Å². The molecule has 1 aliphatic heterocycles. The maximum absolute atomic E-state index is 5.40. The van der Waals surface area contributed by atoms with E-state index in [1.807, 2.05) is 38.2 Å². The quantitative estimate of drug-likeness (QED) is 0.595. The maximum Gasteiger partial charge on any atom is 0.160 e. The van der Waals surface area contributed by atoms with Crippen LogP contribution < -0.4 is 0 Å². The summed E-state index contributed by atoms with van der Waals surface area (Å²) in [5, 5.41) is 0. The van der Waals surface area contributed by atoms with Crippen LogP contribution in [0.25, 0.3) is 0 Å². The summed E-state index contributed by atoms with van der Waals surface area (Å²) in [6.45, 7) is 5.19. The summed E-state index contributed by atoms with van der Waals surface area (Å²) >= 11 is 0. The largest absolute Gasteiger partial charge is 0.486 e. The Morgan fingerprint density at radius 1 is 1.08 bits per heavy atom. The number of rotatable bonds is 1. The summed E-state index contributed by atoms with van der Waals surface area (Å²) in [5.74, 6) is 1.65. The minimum atomic E-state index is 0.640. The van der Waals surface area contributed by atoms with Crippen molar-refractivity contribution in [2.24, 2.45) is 0 Å². The second kappa shape index (κ2) is 4.65. The second-order valence-electron chi connectivity index (χ2n) is 2.41. The first-order chi connectivity index (χ1) is 5.88. The SMILES string of the molecule is C\C=C/C=C1/OCCO/C1=C/C. The molecule has 1 heterocycles. The van der Waals surface area contributed by atoms with Gasteiger partial charge in [-0.15, -0.1) is 0 Å². The molecule has 0 unspecified atom stereocenters. The molecule has 0 spiro atoms. The Morgan fingerprint density at radius 3 is 2.33 bits per heavy atom. The molecule has 0 aromatic carbocycles. The lowest BCUT2D eigenvalue weighted by Gasteiger charge is -2.19. The van der Waals surface area contributed by atoms with E-state index < -0.39 is 0 Å². The van der Waals surface area contributed by atoms with Crippen LogP contribution in [0.2, 0.25) is 0 Å². The molecule has 0 radical (unpaired) electrons. The first-order valence-corrected chi connectivity index (χ1v) is 4.13. The molecule has 0 saturated carbocycles. The van der Waals surface area contributed by atoms with Crippen molar-refractivity contribution < 1.29 is 9.47 Å². The van der Waals surface area contributed by atoms with Gasteiger partial charge in [-0.05, 0) is 26.0 Å². The molecule has 0 bridgehead atoms. The summed E-state index contributed by atoms with van der Waals surface area (Å²) in [6, 6.07) is 0. The highest BCUT2D eigenvalue weighted by Gasteiger charge is 2.11. The molecule has 0 atom stereocenters. The molecular weight excluding hydrogens is 152 g/mol. The Labute approximate surface area is 73.2 Å². The van der Waals surface area contributed by atoms with Crippen molar-refractivity contribution in [2.75, 3.05) is 13.2 Å². The highest BCUT2D eigenvalue weighted by atomic mass is 16.6. The highest BCUT2D eigenvalue weighted by Crippen LogP contribution is 2.17. The van der Waals surface area contributed by atoms with Gasteiger partial charge in [0.2, 0.25) is 0 Å². The summed E-state index contributed by atoms with van der Waals surface area (Å²) in [6.07, 6.45) is 7.72. The first-order valence-electron chi connectivity index (χ1n) is 4.13. The molecule has 0 aromatic rings. The van der Waals surface area contributed by atoms with E-state index in [0.717, 1.165) is 11.5 Å². The molecule has 12 heavy (non-hydrogen) atoms. The van der Waals surface area contributed by atoms with Crippen molar-refractivity contribution in [1.82, 2.24) is 0 Å². The molecule has 0 N–H and O–H groups in total. The van der Waals surface area contributed by atoms with E-state index >= 15 is 0 Å². The van der Waals surface area contributed by atoms with Gasteiger partial charge in [-0.3, -0.25) is 0 Å². The van der Waals surface area contributed by atoms with Gasteiger partial charge < -0.3 is 9.47 Å². The van der Waals surface area contributed by atoms with Crippen LogP contribution in [0, 0.1) is 0 Å². The number of hydrogen-bond acceptors (Lipinski definition) is 2. The third kappa shape index (κ3) is 2.16. The molecule has 2 heteroatoms. The molecule has 0 aliphatic carbocycles. The van der Waals surface area contributed by atoms with Crippen molar-refractivity contribution >= 4 is 0 Å². The van der Waals surface area contributed by atoms with Gasteiger partial charge in [-0.2, -0.15) is 0 Å². The van der Waals surface area contributed by atoms with Crippen LogP contribution in [0.5, 0.6) is 0 Å². The van der Waals surface area contributed by atoms with Crippen LogP contribution in [-0.4, -0.2) is 13.2 Å². The van der Waals surface area contributed by atoms with Crippen molar-refractivity contribution in [3.8, 4) is 0 Å². The standard InChI is InChI=1S/C10H14O2/c1-3-5-6-10-9(4-2)11-7-8-12-10/h3-6H,7-8H2,1-2H3/b5-3-,9-4+,10-6+. The smallest absolute Gasteiger partial charge is 0.160 e. The minimum Gasteiger partial charge on any atom is -0.486 e. The van der Waals surface area contributed by atoms with Gasteiger partial charge in [0.25, 0.3) is 0 Å². The summed E-state index contributed by atoms with van der Waals surface area (Å²) < 4.78 is 10.8. The molecule has 0 aromatic heterocycles. The van der Waals surface area contributed by atoms with Crippen molar-refractivity contribution in [3.63, 3.8) is 0 Å². The van der Waals surface area contributed by atoms with E-state index in [1.54, 1.807) is 0 Å².